The van der Waals surface area contributed by atoms with Crippen LogP contribution in [0.3, 0.4) is 0 Å². The van der Waals surface area contributed by atoms with E-state index in [1.807, 2.05) is 71.2 Å². The third-order valence-corrected chi connectivity index (χ3v) is 12.4. The second-order valence-corrected chi connectivity index (χ2v) is 16.4. The number of ether oxygens (including phenoxy) is 1. The van der Waals surface area contributed by atoms with E-state index in [0.29, 0.717) is 83.3 Å². The molecule has 3 N–H and O–H groups in total. The smallest absolute Gasteiger partial charge is 0.262 e. The zero-order valence-corrected chi connectivity index (χ0v) is 35.9. The highest BCUT2D eigenvalue weighted by Crippen LogP contribution is 2.37. The summed E-state index contributed by atoms with van der Waals surface area (Å²) in [5.74, 6) is 6.91. The van der Waals surface area contributed by atoms with E-state index in [1.54, 1.807) is 25.1 Å². The Morgan fingerprint density at radius 2 is 1.61 bits per heavy atom. The van der Waals surface area contributed by atoms with E-state index < -0.39 is 17.9 Å². The van der Waals surface area contributed by atoms with Gasteiger partial charge in [0.1, 0.15) is 58.6 Å². The summed E-state index contributed by atoms with van der Waals surface area (Å²) in [4.78, 5) is 76.3. The molecule has 8 rings (SSSR count). The van der Waals surface area contributed by atoms with E-state index in [-0.39, 0.29) is 18.2 Å². The van der Waals surface area contributed by atoms with Gasteiger partial charge >= 0.3 is 0 Å². The van der Waals surface area contributed by atoms with E-state index in [0.717, 1.165) is 79.8 Å². The summed E-state index contributed by atoms with van der Waals surface area (Å²) in [6.45, 7) is 4.21. The number of nitrogens with zero attached hydrogens (tertiary/aromatic N) is 7. The Bertz CT molecular complexity index is 2680. The number of carbonyl (C=O) groups excluding carboxylic acids is 5. The van der Waals surface area contributed by atoms with Crippen LogP contribution in [-0.4, -0.2) is 96.3 Å². The number of likely N-dealkylation sites (N-methyl/N-ethyl adjacent to an activating group) is 1. The normalized spacial score (nSPS) is 17.3. The zero-order valence-electron chi connectivity index (χ0n) is 35.9. The molecule has 2 aromatic heterocycles. The number of rotatable bonds is 17. The van der Waals surface area contributed by atoms with Crippen molar-refractivity contribution in [2.45, 2.75) is 89.6 Å². The van der Waals surface area contributed by atoms with Gasteiger partial charge in [0, 0.05) is 43.9 Å². The van der Waals surface area contributed by atoms with Crippen molar-refractivity contribution in [3.63, 3.8) is 0 Å². The molecule has 5 aromatic rings. The average Bonchev–Trinajstić information content (AvgIpc) is 3.84. The number of hydrogen-bond donors (Lipinski definition) is 2. The first kappa shape index (κ1) is 43.4. The van der Waals surface area contributed by atoms with Crippen LogP contribution >= 0.6 is 0 Å². The van der Waals surface area contributed by atoms with Crippen LogP contribution in [0.2, 0.25) is 0 Å². The zero-order chi connectivity index (χ0) is 44.6. The molecule has 2 fully saturated rings. The third kappa shape index (κ3) is 8.96. The SMILES string of the molecule is CCN1C(=C=O)CCC(N2C(=O)c3ccc(NCCCCCCCCC(=C=O)N4CCC[C@@H](n5nc(-c6ccc(Oc7ccccc7)cc6)c6c(N)ncnc65)C4)cc3C2=O)C1=C=O. The Balaban J connectivity index is 0.787. The fourth-order valence-electron chi connectivity index (χ4n) is 9.15. The van der Waals surface area contributed by atoms with Gasteiger partial charge < -0.3 is 25.6 Å². The number of piperidine rings is 2. The second kappa shape index (κ2) is 19.8. The molecule has 0 aliphatic carbocycles. The number of aromatic nitrogens is 4. The summed E-state index contributed by atoms with van der Waals surface area (Å²) in [5, 5.41) is 9.15. The molecule has 0 saturated carbocycles. The molecule has 2 saturated heterocycles. The van der Waals surface area contributed by atoms with E-state index >= 15 is 0 Å². The van der Waals surface area contributed by atoms with Gasteiger partial charge in [-0.05, 0) is 100 Å². The van der Waals surface area contributed by atoms with Crippen molar-refractivity contribution >= 4 is 52.2 Å². The molecule has 5 heterocycles. The Hall–Kier alpha value is -7.30. The molecule has 3 aromatic carbocycles. The molecule has 64 heavy (non-hydrogen) atoms. The number of nitrogens with one attached hydrogen (secondary N) is 1. The van der Waals surface area contributed by atoms with Crippen LogP contribution < -0.4 is 15.8 Å². The highest BCUT2D eigenvalue weighted by Gasteiger charge is 2.45. The quantitative estimate of drug-likeness (QED) is 0.0530. The minimum atomic E-state index is -0.797. The number of fused-ring (bicyclic) bond motifs is 2. The molecular formula is C49H51N9O6. The topological polar surface area (TPSA) is 186 Å². The Kier molecular flexibility index (Phi) is 13.4. The molecule has 2 amide bonds. The molecule has 15 nitrogen and oxygen atoms in total. The molecular weight excluding hydrogens is 811 g/mol. The number of hydrogen-bond acceptors (Lipinski definition) is 13. The first-order valence-electron chi connectivity index (χ1n) is 22.2. The van der Waals surface area contributed by atoms with E-state index in [9.17, 15) is 24.0 Å². The molecule has 3 aliphatic heterocycles. The van der Waals surface area contributed by atoms with Crippen molar-refractivity contribution < 1.29 is 28.7 Å². The van der Waals surface area contributed by atoms with Gasteiger partial charge in [-0.3, -0.25) is 14.5 Å². The van der Waals surface area contributed by atoms with Gasteiger partial charge in [0.05, 0.1) is 34.3 Å². The van der Waals surface area contributed by atoms with E-state index in [4.69, 9.17) is 15.6 Å². The number of likely N-dealkylation sites (tertiary alicyclic amines) is 2. The van der Waals surface area contributed by atoms with Crippen LogP contribution in [0.25, 0.3) is 22.3 Å². The van der Waals surface area contributed by atoms with Crippen molar-refractivity contribution in [2.24, 2.45) is 0 Å². The van der Waals surface area contributed by atoms with Gasteiger partial charge in [-0.15, -0.1) is 0 Å². The number of nitrogens with two attached hydrogens (primary N) is 1. The first-order chi connectivity index (χ1) is 31.3. The average molecular weight is 862 g/mol. The maximum atomic E-state index is 13.5. The van der Waals surface area contributed by atoms with Gasteiger partial charge in [0.15, 0.2) is 5.65 Å². The predicted molar refractivity (Wildman–Crippen MR) is 242 cm³/mol. The third-order valence-electron chi connectivity index (χ3n) is 12.4. The van der Waals surface area contributed by atoms with Gasteiger partial charge in [-0.1, -0.05) is 43.9 Å². The number of allylic oxidation sites excluding steroid dienone is 2. The number of unbranched alkanes of at least 4 members (excludes halogenated alkanes) is 5. The molecule has 3 aliphatic rings. The Morgan fingerprint density at radius 1 is 0.859 bits per heavy atom. The van der Waals surface area contributed by atoms with Crippen LogP contribution in [0, 0.1) is 0 Å². The molecule has 1 unspecified atom stereocenters. The molecule has 2 atom stereocenters. The van der Waals surface area contributed by atoms with Crippen LogP contribution in [0.15, 0.2) is 96.2 Å². The standard InChI is InChI=1S/C49H51N9O6/c1-2-56-37(30-60)20-24-42(43(56)31-61)57-48(62)40-23-19-34(27-41(40)49(57)63)51-25-11-6-4-3-5-8-13-36(29-59)55-26-12-14-35(28-55)58-47-44(46(50)52-32-53-47)45(54-58)33-17-21-39(22-18-33)64-38-15-9-7-10-16-38/h7,9-10,15-19,21-23,27,32,35,42,51H,2-6,8,11-14,20,24-26,28H2,1H3,(H2,50,52,53)/t35-,42?/m1/s1. The van der Waals surface area contributed by atoms with Gasteiger partial charge in [0.25, 0.3) is 11.8 Å². The summed E-state index contributed by atoms with van der Waals surface area (Å²) in [6.07, 6.45) is 10.4. The van der Waals surface area contributed by atoms with Gasteiger partial charge in [-0.2, -0.15) is 5.10 Å². The number of para-hydroxylation sites is 1. The minimum absolute atomic E-state index is 0.0225. The lowest BCUT2D eigenvalue weighted by atomic mass is 9.98. The number of carbonyl (C=O) groups is 2. The molecule has 0 radical (unpaired) electrons. The van der Waals surface area contributed by atoms with E-state index in [1.165, 1.54) is 11.2 Å². The van der Waals surface area contributed by atoms with Crippen molar-refractivity contribution in [1.82, 2.24) is 34.4 Å². The van der Waals surface area contributed by atoms with Crippen LogP contribution in [0.5, 0.6) is 11.5 Å². The summed E-state index contributed by atoms with van der Waals surface area (Å²) >= 11 is 0. The molecule has 15 heteroatoms. The van der Waals surface area contributed by atoms with Gasteiger partial charge in [-0.25, -0.2) is 29.0 Å². The molecule has 0 spiro atoms. The lowest BCUT2D eigenvalue weighted by molar-refractivity contribution is 0.0571. The van der Waals surface area contributed by atoms with Crippen LogP contribution in [-0.2, 0) is 14.4 Å². The Labute approximate surface area is 371 Å². The second-order valence-electron chi connectivity index (χ2n) is 16.4. The molecule has 0 bridgehead atoms. The lowest BCUT2D eigenvalue weighted by Crippen LogP contribution is -2.48. The van der Waals surface area contributed by atoms with Crippen molar-refractivity contribution in [1.29, 1.82) is 0 Å². The summed E-state index contributed by atoms with van der Waals surface area (Å²) < 4.78 is 7.94. The fourth-order valence-corrected chi connectivity index (χ4v) is 9.15. The van der Waals surface area contributed by atoms with Crippen molar-refractivity contribution in [3.8, 4) is 22.8 Å². The molecule has 328 valence electrons. The Morgan fingerprint density at radius 3 is 2.36 bits per heavy atom. The number of nitrogen functional groups attached to an aromatic ring is 1. The summed E-state index contributed by atoms with van der Waals surface area (Å²) in [5.41, 5.74) is 11.1. The van der Waals surface area contributed by atoms with Crippen molar-refractivity contribution in [3.05, 3.63) is 107 Å². The largest absolute Gasteiger partial charge is 0.457 e. The minimum Gasteiger partial charge on any atom is -0.457 e. The monoisotopic (exact) mass is 861 g/mol. The number of benzene rings is 3. The summed E-state index contributed by atoms with van der Waals surface area (Å²) in [6, 6.07) is 21.7. The highest BCUT2D eigenvalue weighted by molar-refractivity contribution is 6.22. The van der Waals surface area contributed by atoms with E-state index in [2.05, 4.69) is 26.1 Å². The number of imide groups is 1. The maximum Gasteiger partial charge on any atom is 0.262 e. The highest BCUT2D eigenvalue weighted by atomic mass is 16.5. The van der Waals surface area contributed by atoms with Crippen molar-refractivity contribution in [2.75, 3.05) is 37.2 Å². The number of amides is 2. The maximum absolute atomic E-state index is 13.5. The lowest BCUT2D eigenvalue weighted by Gasteiger charge is -2.37. The summed E-state index contributed by atoms with van der Waals surface area (Å²) in [7, 11) is 0. The van der Waals surface area contributed by atoms with Gasteiger partial charge in [0.2, 0.25) is 0 Å². The predicted octanol–water partition coefficient (Wildman–Crippen LogP) is 7.57. The van der Waals surface area contributed by atoms with Crippen LogP contribution in [0.1, 0.15) is 104 Å². The fraction of sp³-hybridized carbons (Fsp3) is 0.367. The number of anilines is 2. The van der Waals surface area contributed by atoms with Crippen LogP contribution in [0.4, 0.5) is 11.5 Å². The first-order valence-corrected chi connectivity index (χ1v) is 22.2.